The quantitative estimate of drug-likeness (QED) is 0.684. The van der Waals surface area contributed by atoms with Crippen molar-refractivity contribution in [2.45, 2.75) is 39.7 Å². The molecule has 0 saturated heterocycles. The van der Waals surface area contributed by atoms with Crippen molar-refractivity contribution in [3.63, 3.8) is 0 Å². The van der Waals surface area contributed by atoms with E-state index in [0.717, 1.165) is 22.4 Å². The molecular weight excluding hydrogens is 380 g/mol. The maximum Gasteiger partial charge on any atom is 0.182 e. The first kappa shape index (κ1) is 21.7. The van der Waals surface area contributed by atoms with Gasteiger partial charge in [0.15, 0.2) is 17.3 Å². The molecule has 1 aliphatic heterocycles. The van der Waals surface area contributed by atoms with Gasteiger partial charge in [-0.25, -0.2) is 0 Å². The van der Waals surface area contributed by atoms with Crippen molar-refractivity contribution < 1.29 is 19.0 Å². The molecule has 0 saturated carbocycles. The average molecular weight is 411 g/mol. The number of Topliss-reactive ketones (excluding diaryl/α,β-unsaturated/α-hetero) is 1. The number of nitrogens with zero attached hydrogens (tertiary/aromatic N) is 1. The Labute approximate surface area is 178 Å². The lowest BCUT2D eigenvalue weighted by molar-refractivity contribution is 0.0962. The molecule has 3 rings (SSSR count). The molecule has 0 unspecified atom stereocenters. The van der Waals surface area contributed by atoms with Gasteiger partial charge < -0.3 is 19.1 Å². The monoisotopic (exact) mass is 410 g/mol. The van der Waals surface area contributed by atoms with E-state index in [2.05, 4.69) is 20.8 Å². The largest absolute Gasteiger partial charge is 0.494 e. The Hall–Kier alpha value is -3.02. The third-order valence-electron chi connectivity index (χ3n) is 5.26. The first-order chi connectivity index (χ1) is 14.2. The highest BCUT2D eigenvalue weighted by atomic mass is 16.5. The highest BCUT2D eigenvalue weighted by Gasteiger charge is 2.29. The van der Waals surface area contributed by atoms with Crippen molar-refractivity contribution in [3.05, 3.63) is 52.6 Å². The van der Waals surface area contributed by atoms with Gasteiger partial charge in [-0.05, 0) is 48.2 Å². The predicted molar refractivity (Wildman–Crippen MR) is 117 cm³/mol. The lowest BCUT2D eigenvalue weighted by Crippen LogP contribution is -2.30. The fourth-order valence-electron chi connectivity index (χ4n) is 3.73. The van der Waals surface area contributed by atoms with Crippen LogP contribution in [0.25, 0.3) is 0 Å². The van der Waals surface area contributed by atoms with Gasteiger partial charge in [0.1, 0.15) is 11.6 Å². The minimum absolute atomic E-state index is 0.0657. The Morgan fingerprint density at radius 3 is 2.47 bits per heavy atom. The summed E-state index contributed by atoms with van der Waals surface area (Å²) < 4.78 is 16.6. The van der Waals surface area contributed by atoms with Gasteiger partial charge in [-0.3, -0.25) is 10.2 Å². The Kier molecular flexibility index (Phi) is 6.06. The van der Waals surface area contributed by atoms with Crippen LogP contribution in [0, 0.1) is 5.41 Å². The molecule has 1 N–H and O–H groups in total. The molecule has 0 aliphatic carbocycles. The number of hydrogen-bond donors (Lipinski definition) is 1. The van der Waals surface area contributed by atoms with Crippen LogP contribution in [-0.2, 0) is 12.0 Å². The smallest absolute Gasteiger partial charge is 0.182 e. The van der Waals surface area contributed by atoms with Crippen LogP contribution in [0.1, 0.15) is 54.7 Å². The summed E-state index contributed by atoms with van der Waals surface area (Å²) in [7, 11) is 3.18. The fraction of sp³-hybridized carbons (Fsp3) is 0.417. The molecule has 1 heterocycles. The molecule has 0 radical (unpaired) electrons. The summed E-state index contributed by atoms with van der Waals surface area (Å²) in [4.78, 5) is 14.9. The zero-order valence-corrected chi connectivity index (χ0v) is 18.6. The summed E-state index contributed by atoms with van der Waals surface area (Å²) in [5.41, 5.74) is 3.09. The van der Waals surface area contributed by atoms with Crippen LogP contribution in [-0.4, -0.2) is 43.9 Å². The maximum atomic E-state index is 13.2. The van der Waals surface area contributed by atoms with E-state index in [9.17, 15) is 4.79 Å². The number of ketones is 1. The minimum atomic E-state index is -0.221. The molecule has 6 nitrogen and oxygen atoms in total. The molecule has 1 aliphatic rings. The van der Waals surface area contributed by atoms with E-state index >= 15 is 0 Å². The Balaban J connectivity index is 1.87. The summed E-state index contributed by atoms with van der Waals surface area (Å²) >= 11 is 0. The zero-order chi connectivity index (χ0) is 22.1. The van der Waals surface area contributed by atoms with Crippen molar-refractivity contribution >= 4 is 11.6 Å². The molecule has 0 amide bonds. The molecule has 2 aromatic carbocycles. The average Bonchev–Trinajstić information content (AvgIpc) is 3.01. The summed E-state index contributed by atoms with van der Waals surface area (Å²) in [6, 6.07) is 9.31. The lowest BCUT2D eigenvalue weighted by atomic mass is 9.84. The van der Waals surface area contributed by atoms with Gasteiger partial charge >= 0.3 is 0 Å². The Bertz CT molecular complexity index is 976. The van der Waals surface area contributed by atoms with E-state index < -0.39 is 0 Å². The van der Waals surface area contributed by atoms with E-state index in [1.165, 1.54) is 0 Å². The van der Waals surface area contributed by atoms with Crippen LogP contribution in [0.3, 0.4) is 0 Å². The summed E-state index contributed by atoms with van der Waals surface area (Å²) in [6.45, 7) is 9.38. The zero-order valence-electron chi connectivity index (χ0n) is 18.6. The number of nitrogens with one attached hydrogen (secondary N) is 1. The van der Waals surface area contributed by atoms with Gasteiger partial charge in [-0.2, -0.15) is 0 Å². The van der Waals surface area contributed by atoms with E-state index in [-0.39, 0.29) is 17.7 Å². The maximum absolute atomic E-state index is 13.2. The van der Waals surface area contributed by atoms with Gasteiger partial charge in [0.25, 0.3) is 0 Å². The highest BCUT2D eigenvalue weighted by molar-refractivity contribution is 6.05. The number of methoxy groups -OCH3 is 2. The van der Waals surface area contributed by atoms with Gasteiger partial charge in [0.05, 0.1) is 27.4 Å². The molecule has 0 spiro atoms. The predicted octanol–water partition coefficient (Wildman–Crippen LogP) is 4.42. The number of amidine groups is 1. The third-order valence-corrected chi connectivity index (χ3v) is 5.26. The summed E-state index contributed by atoms with van der Waals surface area (Å²) in [6.07, 6.45) is 0. The van der Waals surface area contributed by atoms with Crippen molar-refractivity contribution in [2.24, 2.45) is 0 Å². The van der Waals surface area contributed by atoms with Crippen molar-refractivity contribution in [3.8, 4) is 17.2 Å². The van der Waals surface area contributed by atoms with Crippen LogP contribution in [0.4, 0.5) is 0 Å². The van der Waals surface area contributed by atoms with Crippen LogP contribution < -0.4 is 14.2 Å². The number of fused-ring (bicyclic) bond motifs is 1. The van der Waals surface area contributed by atoms with Crippen LogP contribution in [0.5, 0.6) is 17.2 Å². The highest BCUT2D eigenvalue weighted by Crippen LogP contribution is 2.39. The van der Waals surface area contributed by atoms with Gasteiger partial charge in [0.2, 0.25) is 0 Å². The van der Waals surface area contributed by atoms with Gasteiger partial charge in [-0.15, -0.1) is 0 Å². The molecule has 2 aromatic rings. The number of ether oxygens (including phenoxy) is 3. The van der Waals surface area contributed by atoms with Crippen LogP contribution in [0.15, 0.2) is 30.3 Å². The molecule has 160 valence electrons. The topological polar surface area (TPSA) is 71.8 Å². The lowest BCUT2D eigenvalue weighted by Gasteiger charge is -2.25. The molecule has 0 atom stereocenters. The summed E-state index contributed by atoms with van der Waals surface area (Å²) in [5.74, 6) is 2.26. The van der Waals surface area contributed by atoms with E-state index in [1.54, 1.807) is 25.2 Å². The van der Waals surface area contributed by atoms with Crippen molar-refractivity contribution in [1.29, 1.82) is 5.41 Å². The SMILES string of the molecule is CCOc1ccc2c(c1)CN(CC(=O)c1cc(OC)c(OC)c(C(C)(C)C)c1)C2=N. The van der Waals surface area contributed by atoms with E-state index in [0.29, 0.717) is 36.0 Å². The summed E-state index contributed by atoms with van der Waals surface area (Å²) in [5, 5.41) is 8.49. The number of rotatable bonds is 7. The number of hydrogen-bond acceptors (Lipinski definition) is 5. The second-order valence-electron chi connectivity index (χ2n) is 8.39. The Morgan fingerprint density at radius 2 is 1.87 bits per heavy atom. The Morgan fingerprint density at radius 1 is 1.13 bits per heavy atom. The van der Waals surface area contributed by atoms with E-state index in [4.69, 9.17) is 19.6 Å². The first-order valence-electron chi connectivity index (χ1n) is 10.1. The third kappa shape index (κ3) is 4.13. The molecule has 0 fully saturated rings. The number of carbonyl (C=O) groups is 1. The molecule has 30 heavy (non-hydrogen) atoms. The fourth-order valence-corrected chi connectivity index (χ4v) is 3.73. The normalized spacial score (nSPS) is 13.3. The van der Waals surface area contributed by atoms with Crippen molar-refractivity contribution in [1.82, 2.24) is 4.90 Å². The minimum Gasteiger partial charge on any atom is -0.494 e. The second-order valence-corrected chi connectivity index (χ2v) is 8.39. The molecule has 0 aromatic heterocycles. The van der Waals surface area contributed by atoms with Gasteiger partial charge in [-0.1, -0.05) is 20.8 Å². The number of carbonyl (C=O) groups excluding carboxylic acids is 1. The molecule has 0 bridgehead atoms. The second kappa shape index (κ2) is 8.38. The van der Waals surface area contributed by atoms with Crippen molar-refractivity contribution in [2.75, 3.05) is 27.4 Å². The van der Waals surface area contributed by atoms with Crippen LogP contribution >= 0.6 is 0 Å². The first-order valence-corrected chi connectivity index (χ1v) is 10.1. The van der Waals surface area contributed by atoms with Gasteiger partial charge in [0, 0.05) is 23.2 Å². The standard InChI is InChI=1S/C24H30N2O4/c1-7-30-17-8-9-18-16(10-17)13-26(23(18)25)14-20(27)15-11-19(24(2,3)4)22(29-6)21(12-15)28-5/h8-12,25H,7,13-14H2,1-6H3. The van der Waals surface area contributed by atoms with E-state index in [1.807, 2.05) is 31.2 Å². The number of benzene rings is 2. The molecule has 6 heteroatoms. The molecular formula is C24H30N2O4. The van der Waals surface area contributed by atoms with Crippen LogP contribution in [0.2, 0.25) is 0 Å².